The van der Waals surface area contributed by atoms with Crippen molar-refractivity contribution in [3.8, 4) is 0 Å². The zero-order valence-corrected chi connectivity index (χ0v) is 13.8. The summed E-state index contributed by atoms with van der Waals surface area (Å²) >= 11 is 11.9. The largest absolute Gasteiger partial charge is 0.311 e. The minimum Gasteiger partial charge on any atom is -0.311 e. The normalized spacial score (nSPS) is 12.6. The molecule has 0 aromatic carbocycles. The lowest BCUT2D eigenvalue weighted by Gasteiger charge is -2.33. The molecule has 0 amide bonds. The third kappa shape index (κ3) is 3.08. The van der Waals surface area contributed by atoms with E-state index in [0.29, 0.717) is 10.9 Å². The van der Waals surface area contributed by atoms with Gasteiger partial charge in [-0.15, -0.1) is 11.6 Å². The van der Waals surface area contributed by atoms with Gasteiger partial charge < -0.3 is 9.47 Å². The fraction of sp³-hybridized carbons (Fsp3) is 0.571. The van der Waals surface area contributed by atoms with Gasteiger partial charge in [-0.2, -0.15) is 0 Å². The molecule has 2 aromatic heterocycles. The molecule has 0 atom stereocenters. The Bertz CT molecular complexity index is 604. The van der Waals surface area contributed by atoms with E-state index >= 15 is 0 Å². The molecule has 2 aromatic rings. The van der Waals surface area contributed by atoms with Crippen LogP contribution >= 0.6 is 23.2 Å². The van der Waals surface area contributed by atoms with Crippen LogP contribution in [0.3, 0.4) is 0 Å². The maximum atomic E-state index is 5.99. The molecule has 4 nitrogen and oxygen atoms in total. The predicted molar refractivity (Wildman–Crippen MR) is 84.7 cm³/mol. The maximum Gasteiger partial charge on any atom is 0.160 e. The molecular weight excluding hydrogens is 295 g/mol. The molecule has 2 rings (SSSR count). The van der Waals surface area contributed by atoms with E-state index in [-0.39, 0.29) is 5.54 Å². The van der Waals surface area contributed by atoms with Crippen LogP contribution in [0.15, 0.2) is 12.3 Å². The van der Waals surface area contributed by atoms with Crippen LogP contribution in [0.4, 0.5) is 0 Å². The first kappa shape index (κ1) is 15.5. The number of fused-ring (bicyclic) bond motifs is 1. The number of hydrogen-bond donors (Lipinski definition) is 0. The number of likely N-dealkylation sites (N-methyl/N-ethyl adjacent to an activating group) is 1. The number of aryl methyl sites for hydroxylation is 1. The van der Waals surface area contributed by atoms with Crippen LogP contribution in [-0.4, -0.2) is 44.9 Å². The van der Waals surface area contributed by atoms with E-state index in [1.54, 1.807) is 6.20 Å². The number of alkyl halides is 1. The first-order chi connectivity index (χ1) is 9.35. The fourth-order valence-electron chi connectivity index (χ4n) is 2.00. The number of pyridine rings is 1. The lowest BCUT2D eigenvalue weighted by molar-refractivity contribution is 0.169. The van der Waals surface area contributed by atoms with Gasteiger partial charge in [-0.05, 0) is 34.0 Å². The Labute approximate surface area is 129 Å². The Morgan fingerprint density at radius 1 is 1.35 bits per heavy atom. The molecule has 0 aliphatic rings. The van der Waals surface area contributed by atoms with Crippen LogP contribution in [-0.2, 0) is 13.0 Å². The standard InChI is InChI=1S/C14H20Cl2N4/c1-14(2,19(3)4)9-20-12(5-6-15)18-11-7-10(16)8-17-13(11)20/h7-8H,5-6,9H2,1-4H3. The summed E-state index contributed by atoms with van der Waals surface area (Å²) in [6.45, 7) is 5.19. The van der Waals surface area contributed by atoms with Crippen LogP contribution in [0.1, 0.15) is 19.7 Å². The van der Waals surface area contributed by atoms with E-state index in [2.05, 4.69) is 47.4 Å². The van der Waals surface area contributed by atoms with Gasteiger partial charge >= 0.3 is 0 Å². The van der Waals surface area contributed by atoms with Gasteiger partial charge in [0.25, 0.3) is 0 Å². The summed E-state index contributed by atoms with van der Waals surface area (Å²) in [7, 11) is 4.15. The van der Waals surface area contributed by atoms with Crippen molar-refractivity contribution >= 4 is 34.4 Å². The summed E-state index contributed by atoms with van der Waals surface area (Å²) in [5.41, 5.74) is 1.69. The van der Waals surface area contributed by atoms with Crippen molar-refractivity contribution in [2.24, 2.45) is 0 Å². The molecule has 2 heterocycles. The highest BCUT2D eigenvalue weighted by molar-refractivity contribution is 6.31. The summed E-state index contributed by atoms with van der Waals surface area (Å²) in [5.74, 6) is 1.50. The van der Waals surface area contributed by atoms with Crippen molar-refractivity contribution < 1.29 is 0 Å². The molecule has 0 N–H and O–H groups in total. The van der Waals surface area contributed by atoms with Gasteiger partial charge in [0, 0.05) is 30.6 Å². The first-order valence-electron chi connectivity index (χ1n) is 6.59. The number of rotatable bonds is 5. The molecule has 0 saturated carbocycles. The molecule has 6 heteroatoms. The Morgan fingerprint density at radius 3 is 2.65 bits per heavy atom. The lowest BCUT2D eigenvalue weighted by atomic mass is 10.0. The molecule has 0 fully saturated rings. The summed E-state index contributed by atoms with van der Waals surface area (Å²) < 4.78 is 2.15. The third-order valence-corrected chi connectivity index (χ3v) is 4.10. The Balaban J connectivity index is 2.51. The van der Waals surface area contributed by atoms with Gasteiger partial charge in [-0.1, -0.05) is 11.6 Å². The van der Waals surface area contributed by atoms with E-state index in [0.717, 1.165) is 30.0 Å². The number of imidazole rings is 1. The Kier molecular flexibility index (Phi) is 4.57. The van der Waals surface area contributed by atoms with Gasteiger partial charge in [0.2, 0.25) is 0 Å². The van der Waals surface area contributed by atoms with Crippen molar-refractivity contribution in [3.63, 3.8) is 0 Å². The van der Waals surface area contributed by atoms with Crippen LogP contribution in [0.5, 0.6) is 0 Å². The molecule has 0 spiro atoms. The highest BCUT2D eigenvalue weighted by Gasteiger charge is 2.24. The summed E-state index contributed by atoms with van der Waals surface area (Å²) in [6, 6.07) is 1.85. The Hall–Kier alpha value is -0.840. The number of nitrogens with zero attached hydrogens (tertiary/aromatic N) is 4. The van der Waals surface area contributed by atoms with Crippen molar-refractivity contribution in [3.05, 3.63) is 23.1 Å². The Morgan fingerprint density at radius 2 is 2.05 bits per heavy atom. The molecule has 0 aliphatic heterocycles. The third-order valence-electron chi connectivity index (χ3n) is 3.70. The van der Waals surface area contributed by atoms with E-state index in [9.17, 15) is 0 Å². The second kappa shape index (κ2) is 5.88. The quantitative estimate of drug-likeness (QED) is 0.795. The summed E-state index contributed by atoms with van der Waals surface area (Å²) in [5, 5.41) is 0.603. The topological polar surface area (TPSA) is 34.0 Å². The van der Waals surface area contributed by atoms with Gasteiger partial charge in [0.05, 0.1) is 5.02 Å². The zero-order valence-electron chi connectivity index (χ0n) is 12.3. The van der Waals surface area contributed by atoms with Gasteiger partial charge in [0.15, 0.2) is 5.65 Å². The van der Waals surface area contributed by atoms with Crippen molar-refractivity contribution in [2.45, 2.75) is 32.4 Å². The van der Waals surface area contributed by atoms with Crippen LogP contribution < -0.4 is 0 Å². The van der Waals surface area contributed by atoms with E-state index in [4.69, 9.17) is 23.2 Å². The molecule has 0 unspecified atom stereocenters. The summed E-state index contributed by atoms with van der Waals surface area (Å²) in [6.07, 6.45) is 2.38. The van der Waals surface area contributed by atoms with E-state index in [1.165, 1.54) is 0 Å². The second-order valence-corrected chi connectivity index (χ2v) is 6.57. The van der Waals surface area contributed by atoms with Gasteiger partial charge in [0.1, 0.15) is 11.3 Å². The molecule has 0 saturated heterocycles. The molecule has 110 valence electrons. The average Bonchev–Trinajstić information content (AvgIpc) is 2.66. The minimum absolute atomic E-state index is 0.00396. The SMILES string of the molecule is CN(C)C(C)(C)Cn1c(CCCl)nc2cc(Cl)cnc21. The van der Waals surface area contributed by atoms with Crippen LogP contribution in [0.25, 0.3) is 11.2 Å². The average molecular weight is 315 g/mol. The molecular formula is C14H20Cl2N4. The van der Waals surface area contributed by atoms with Crippen LogP contribution in [0.2, 0.25) is 5.02 Å². The molecule has 0 aliphatic carbocycles. The van der Waals surface area contributed by atoms with Crippen molar-refractivity contribution in [2.75, 3.05) is 20.0 Å². The number of halogens is 2. The number of hydrogen-bond acceptors (Lipinski definition) is 3. The first-order valence-corrected chi connectivity index (χ1v) is 7.50. The second-order valence-electron chi connectivity index (χ2n) is 5.76. The van der Waals surface area contributed by atoms with Crippen LogP contribution in [0, 0.1) is 0 Å². The fourth-order valence-corrected chi connectivity index (χ4v) is 2.32. The lowest BCUT2D eigenvalue weighted by Crippen LogP contribution is -2.42. The van der Waals surface area contributed by atoms with E-state index in [1.807, 2.05) is 6.07 Å². The monoisotopic (exact) mass is 314 g/mol. The highest BCUT2D eigenvalue weighted by Crippen LogP contribution is 2.22. The molecule has 20 heavy (non-hydrogen) atoms. The minimum atomic E-state index is -0.00396. The highest BCUT2D eigenvalue weighted by atomic mass is 35.5. The van der Waals surface area contributed by atoms with Gasteiger partial charge in [-0.3, -0.25) is 0 Å². The summed E-state index contributed by atoms with van der Waals surface area (Å²) in [4.78, 5) is 11.2. The molecule has 0 radical (unpaired) electrons. The van der Waals surface area contributed by atoms with E-state index < -0.39 is 0 Å². The zero-order chi connectivity index (χ0) is 14.9. The predicted octanol–water partition coefficient (Wildman–Crippen LogP) is 3.21. The smallest absolute Gasteiger partial charge is 0.160 e. The maximum absolute atomic E-state index is 5.99. The van der Waals surface area contributed by atoms with Crippen molar-refractivity contribution in [1.82, 2.24) is 19.4 Å². The number of aromatic nitrogens is 3. The van der Waals surface area contributed by atoms with Gasteiger partial charge in [-0.25, -0.2) is 9.97 Å². The van der Waals surface area contributed by atoms with Crippen molar-refractivity contribution in [1.29, 1.82) is 0 Å². The molecule has 0 bridgehead atoms.